The summed E-state index contributed by atoms with van der Waals surface area (Å²) in [4.78, 5) is 6.08. The van der Waals surface area contributed by atoms with Gasteiger partial charge in [0.1, 0.15) is 5.82 Å². The van der Waals surface area contributed by atoms with E-state index in [9.17, 15) is 10.2 Å². The zero-order valence-corrected chi connectivity index (χ0v) is 8.37. The highest BCUT2D eigenvalue weighted by molar-refractivity contribution is 5.41. The van der Waals surface area contributed by atoms with E-state index in [4.69, 9.17) is 5.73 Å². The number of hydrogen-bond donors (Lipinski definition) is 3. The second kappa shape index (κ2) is 4.14. The lowest BCUT2D eigenvalue weighted by molar-refractivity contribution is 0.0572. The molecule has 1 saturated heterocycles. The van der Waals surface area contributed by atoms with Gasteiger partial charge in [-0.15, -0.1) is 0 Å². The molecule has 0 saturated carbocycles. The summed E-state index contributed by atoms with van der Waals surface area (Å²) in [6.45, 7) is 1.32. The number of rotatable bonds is 2. The Morgan fingerprint density at radius 2 is 2.00 bits per heavy atom. The van der Waals surface area contributed by atoms with Gasteiger partial charge in [-0.1, -0.05) is 6.07 Å². The van der Waals surface area contributed by atoms with Crippen LogP contribution in [0, 0.1) is 0 Å². The van der Waals surface area contributed by atoms with Crippen LogP contribution in [0.25, 0.3) is 0 Å². The van der Waals surface area contributed by atoms with Crippen LogP contribution in [0.15, 0.2) is 18.3 Å². The standard InChI is InChI=1S/C10H15N3O2/c11-3-7-1-2-10(12-4-7)13-5-8(14)9(15)6-13/h1-2,4,8-9,14-15H,3,5-6,11H2. The number of aromatic nitrogens is 1. The fraction of sp³-hybridized carbons (Fsp3) is 0.500. The molecule has 15 heavy (non-hydrogen) atoms. The number of hydrogen-bond acceptors (Lipinski definition) is 5. The summed E-state index contributed by atoms with van der Waals surface area (Å²) in [7, 11) is 0. The quantitative estimate of drug-likeness (QED) is 0.587. The maximum absolute atomic E-state index is 9.39. The summed E-state index contributed by atoms with van der Waals surface area (Å²) in [5.74, 6) is 0.766. The van der Waals surface area contributed by atoms with Gasteiger partial charge in [-0.2, -0.15) is 0 Å². The van der Waals surface area contributed by atoms with Crippen LogP contribution in [0.5, 0.6) is 0 Å². The molecule has 82 valence electrons. The van der Waals surface area contributed by atoms with Gasteiger partial charge in [0, 0.05) is 25.8 Å². The van der Waals surface area contributed by atoms with E-state index in [-0.39, 0.29) is 0 Å². The molecule has 4 N–H and O–H groups in total. The average molecular weight is 209 g/mol. The molecule has 1 aromatic rings. The molecule has 2 rings (SSSR count). The van der Waals surface area contributed by atoms with E-state index >= 15 is 0 Å². The van der Waals surface area contributed by atoms with E-state index < -0.39 is 12.2 Å². The van der Waals surface area contributed by atoms with Crippen molar-refractivity contribution in [3.8, 4) is 0 Å². The largest absolute Gasteiger partial charge is 0.389 e. The fourth-order valence-corrected chi connectivity index (χ4v) is 1.68. The van der Waals surface area contributed by atoms with Crippen molar-refractivity contribution in [1.29, 1.82) is 0 Å². The molecule has 5 nitrogen and oxygen atoms in total. The number of nitrogens with zero attached hydrogens (tertiary/aromatic N) is 2. The van der Waals surface area contributed by atoms with Crippen molar-refractivity contribution in [3.05, 3.63) is 23.9 Å². The Morgan fingerprint density at radius 3 is 2.47 bits per heavy atom. The number of aliphatic hydroxyl groups excluding tert-OH is 2. The van der Waals surface area contributed by atoms with Crippen molar-refractivity contribution in [2.45, 2.75) is 18.8 Å². The Morgan fingerprint density at radius 1 is 1.33 bits per heavy atom. The van der Waals surface area contributed by atoms with Crippen LogP contribution in [-0.2, 0) is 6.54 Å². The molecule has 2 atom stereocenters. The fourth-order valence-electron chi connectivity index (χ4n) is 1.68. The minimum absolute atomic E-state index is 0.427. The summed E-state index contributed by atoms with van der Waals surface area (Å²) in [6, 6.07) is 3.76. The average Bonchev–Trinajstić information content (AvgIpc) is 2.59. The molecule has 2 heterocycles. The number of pyridine rings is 1. The van der Waals surface area contributed by atoms with Crippen LogP contribution in [0.3, 0.4) is 0 Å². The van der Waals surface area contributed by atoms with E-state index in [0.717, 1.165) is 11.4 Å². The molecule has 2 unspecified atom stereocenters. The predicted molar refractivity (Wildman–Crippen MR) is 56.4 cm³/mol. The van der Waals surface area contributed by atoms with Crippen molar-refractivity contribution < 1.29 is 10.2 Å². The first-order valence-electron chi connectivity index (χ1n) is 4.97. The maximum atomic E-state index is 9.39. The van der Waals surface area contributed by atoms with Crippen LogP contribution in [0.4, 0.5) is 5.82 Å². The van der Waals surface area contributed by atoms with E-state index in [0.29, 0.717) is 19.6 Å². The third-order valence-electron chi connectivity index (χ3n) is 2.63. The molecule has 0 amide bonds. The Hall–Kier alpha value is -1.17. The Bertz CT molecular complexity index is 318. The van der Waals surface area contributed by atoms with Crippen molar-refractivity contribution in [3.63, 3.8) is 0 Å². The van der Waals surface area contributed by atoms with Crippen LogP contribution >= 0.6 is 0 Å². The first-order chi connectivity index (χ1) is 7.20. The van der Waals surface area contributed by atoms with E-state index in [1.54, 1.807) is 6.20 Å². The lowest BCUT2D eigenvalue weighted by Gasteiger charge is -2.16. The topological polar surface area (TPSA) is 82.6 Å². The van der Waals surface area contributed by atoms with Gasteiger partial charge in [-0.25, -0.2) is 4.98 Å². The molecule has 0 bridgehead atoms. The lowest BCUT2D eigenvalue weighted by atomic mass is 10.3. The highest BCUT2D eigenvalue weighted by Crippen LogP contribution is 2.18. The molecule has 1 aliphatic rings. The summed E-state index contributed by atoms with van der Waals surface area (Å²) in [5.41, 5.74) is 6.44. The van der Waals surface area contributed by atoms with Crippen LogP contribution in [-0.4, -0.2) is 40.5 Å². The first-order valence-corrected chi connectivity index (χ1v) is 4.97. The minimum atomic E-state index is -0.680. The zero-order valence-electron chi connectivity index (χ0n) is 8.37. The Balaban J connectivity index is 2.10. The summed E-state index contributed by atoms with van der Waals surface area (Å²) in [5, 5.41) is 18.8. The van der Waals surface area contributed by atoms with Crippen LogP contribution in [0.2, 0.25) is 0 Å². The molecule has 5 heteroatoms. The van der Waals surface area contributed by atoms with E-state index in [1.165, 1.54) is 0 Å². The molecule has 0 aromatic carbocycles. The van der Waals surface area contributed by atoms with Crippen molar-refractivity contribution in [2.75, 3.05) is 18.0 Å². The highest BCUT2D eigenvalue weighted by Gasteiger charge is 2.30. The Labute approximate surface area is 88.2 Å². The molecule has 1 aliphatic heterocycles. The van der Waals surface area contributed by atoms with Gasteiger partial charge in [0.05, 0.1) is 12.2 Å². The van der Waals surface area contributed by atoms with Gasteiger partial charge in [-0.05, 0) is 11.6 Å². The molecule has 0 spiro atoms. The SMILES string of the molecule is NCc1ccc(N2CC(O)C(O)C2)nc1. The smallest absolute Gasteiger partial charge is 0.128 e. The van der Waals surface area contributed by atoms with Gasteiger partial charge in [0.15, 0.2) is 0 Å². The number of nitrogens with two attached hydrogens (primary N) is 1. The number of aliphatic hydroxyl groups is 2. The van der Waals surface area contributed by atoms with Gasteiger partial charge < -0.3 is 20.8 Å². The molecular formula is C10H15N3O2. The minimum Gasteiger partial charge on any atom is -0.389 e. The maximum Gasteiger partial charge on any atom is 0.128 e. The second-order valence-corrected chi connectivity index (χ2v) is 3.77. The van der Waals surface area contributed by atoms with Gasteiger partial charge in [0.2, 0.25) is 0 Å². The first kappa shape index (κ1) is 10.4. The van der Waals surface area contributed by atoms with E-state index in [1.807, 2.05) is 17.0 Å². The molecule has 1 fully saturated rings. The van der Waals surface area contributed by atoms with Crippen molar-refractivity contribution in [1.82, 2.24) is 4.98 Å². The predicted octanol–water partition coefficient (Wildman–Crippen LogP) is -0.918. The third kappa shape index (κ3) is 2.09. The molecule has 0 aliphatic carbocycles. The zero-order chi connectivity index (χ0) is 10.8. The molecule has 0 radical (unpaired) electrons. The highest BCUT2D eigenvalue weighted by atomic mass is 16.3. The summed E-state index contributed by atoms with van der Waals surface area (Å²) >= 11 is 0. The molecular weight excluding hydrogens is 194 g/mol. The van der Waals surface area contributed by atoms with Crippen molar-refractivity contribution >= 4 is 5.82 Å². The van der Waals surface area contributed by atoms with Crippen LogP contribution < -0.4 is 10.6 Å². The lowest BCUT2D eigenvalue weighted by Crippen LogP contribution is -2.22. The van der Waals surface area contributed by atoms with Gasteiger partial charge >= 0.3 is 0 Å². The normalized spacial score (nSPS) is 25.9. The monoisotopic (exact) mass is 209 g/mol. The number of anilines is 1. The Kier molecular flexibility index (Phi) is 2.86. The molecule has 1 aromatic heterocycles. The van der Waals surface area contributed by atoms with Gasteiger partial charge in [0.25, 0.3) is 0 Å². The van der Waals surface area contributed by atoms with Gasteiger partial charge in [-0.3, -0.25) is 0 Å². The second-order valence-electron chi connectivity index (χ2n) is 3.77. The number of β-amino-alcohol motifs (C(OH)–C–C–N with tert-alkyl or cyclic N) is 2. The summed E-state index contributed by atoms with van der Waals surface area (Å²) < 4.78 is 0. The van der Waals surface area contributed by atoms with E-state index in [2.05, 4.69) is 4.98 Å². The summed E-state index contributed by atoms with van der Waals surface area (Å²) in [6.07, 6.45) is 0.355. The van der Waals surface area contributed by atoms with Crippen LogP contribution in [0.1, 0.15) is 5.56 Å². The van der Waals surface area contributed by atoms with Crippen molar-refractivity contribution in [2.24, 2.45) is 5.73 Å². The third-order valence-corrected chi connectivity index (χ3v) is 2.63.